The Morgan fingerprint density at radius 1 is 1.12 bits per heavy atom. The summed E-state index contributed by atoms with van der Waals surface area (Å²) < 4.78 is 24.8. The smallest absolute Gasteiger partial charge is 0.378 e. The van der Waals surface area contributed by atoms with Crippen molar-refractivity contribution in [2.75, 3.05) is 13.7 Å². The van der Waals surface area contributed by atoms with Gasteiger partial charge < -0.3 is 9.47 Å². The number of carbonyl (C=O) groups is 1. The summed E-state index contributed by atoms with van der Waals surface area (Å²) in [6.07, 6.45) is 0. The Morgan fingerprint density at radius 2 is 1.80 bits per heavy atom. The average Bonchev–Trinajstić information content (AvgIpc) is 3.08. The molecule has 0 aliphatic carbocycles. The van der Waals surface area contributed by atoms with Gasteiger partial charge in [0, 0.05) is 5.56 Å². The molecule has 0 aliphatic rings. The number of ether oxygens (including phenoxy) is 2. The quantitative estimate of drug-likeness (QED) is 0.667. The molecule has 128 valence electrons. The lowest BCUT2D eigenvalue weighted by atomic mass is 10.2. The van der Waals surface area contributed by atoms with E-state index in [0.29, 0.717) is 17.3 Å². The summed E-state index contributed by atoms with van der Waals surface area (Å²) in [5, 5.41) is 4.22. The molecule has 0 bridgehead atoms. The molecule has 25 heavy (non-hydrogen) atoms. The van der Waals surface area contributed by atoms with E-state index in [1.54, 1.807) is 50.4 Å². The Hall–Kier alpha value is -3.22. The Morgan fingerprint density at radius 3 is 2.40 bits per heavy atom. The predicted octanol–water partition coefficient (Wildman–Crippen LogP) is 3.26. The molecule has 0 aliphatic heterocycles. The SMILES string of the molecule is CCOC(=O)c1nc(-c2ccc(OC)cc2)n(-c2ccc(F)cc2)n1. The molecular weight excluding hydrogens is 325 g/mol. The van der Waals surface area contributed by atoms with Crippen LogP contribution in [0.3, 0.4) is 0 Å². The zero-order valence-electron chi connectivity index (χ0n) is 13.8. The van der Waals surface area contributed by atoms with Crippen molar-refractivity contribution in [2.45, 2.75) is 6.92 Å². The summed E-state index contributed by atoms with van der Waals surface area (Å²) in [6.45, 7) is 1.93. The number of carbonyl (C=O) groups excluding carboxylic acids is 1. The first-order chi connectivity index (χ1) is 12.1. The Balaban J connectivity index is 2.10. The first kappa shape index (κ1) is 16.6. The van der Waals surface area contributed by atoms with Crippen LogP contribution in [0.4, 0.5) is 4.39 Å². The van der Waals surface area contributed by atoms with Gasteiger partial charge in [0.15, 0.2) is 5.82 Å². The minimum Gasteiger partial charge on any atom is -0.497 e. The van der Waals surface area contributed by atoms with Gasteiger partial charge in [-0.2, -0.15) is 0 Å². The van der Waals surface area contributed by atoms with Crippen molar-refractivity contribution in [3.63, 3.8) is 0 Å². The number of hydrogen-bond acceptors (Lipinski definition) is 5. The summed E-state index contributed by atoms with van der Waals surface area (Å²) in [7, 11) is 1.58. The average molecular weight is 341 g/mol. The van der Waals surface area contributed by atoms with Gasteiger partial charge in [0.05, 0.1) is 19.4 Å². The van der Waals surface area contributed by atoms with Crippen molar-refractivity contribution in [1.82, 2.24) is 14.8 Å². The first-order valence-electron chi connectivity index (χ1n) is 7.67. The van der Waals surface area contributed by atoms with Crippen LogP contribution in [0.25, 0.3) is 17.1 Å². The fourth-order valence-corrected chi connectivity index (χ4v) is 2.28. The molecule has 2 aromatic carbocycles. The Bertz CT molecular complexity index is 874. The lowest BCUT2D eigenvalue weighted by Gasteiger charge is -2.06. The molecule has 1 aromatic heterocycles. The van der Waals surface area contributed by atoms with E-state index < -0.39 is 5.97 Å². The van der Waals surface area contributed by atoms with Crippen molar-refractivity contribution in [3.8, 4) is 22.8 Å². The van der Waals surface area contributed by atoms with Gasteiger partial charge in [0.1, 0.15) is 11.6 Å². The number of nitrogens with zero attached hydrogens (tertiary/aromatic N) is 3. The third kappa shape index (κ3) is 3.50. The van der Waals surface area contributed by atoms with Crippen LogP contribution in [0.2, 0.25) is 0 Å². The number of benzene rings is 2. The fourth-order valence-electron chi connectivity index (χ4n) is 2.28. The van der Waals surface area contributed by atoms with E-state index in [9.17, 15) is 9.18 Å². The van der Waals surface area contributed by atoms with Crippen molar-refractivity contribution in [2.24, 2.45) is 0 Å². The highest BCUT2D eigenvalue weighted by atomic mass is 19.1. The van der Waals surface area contributed by atoms with Crippen molar-refractivity contribution < 1.29 is 18.7 Å². The van der Waals surface area contributed by atoms with Gasteiger partial charge in [-0.05, 0) is 55.5 Å². The van der Waals surface area contributed by atoms with Gasteiger partial charge in [-0.15, -0.1) is 5.10 Å². The van der Waals surface area contributed by atoms with Crippen molar-refractivity contribution in [3.05, 3.63) is 60.2 Å². The molecule has 3 rings (SSSR count). The van der Waals surface area contributed by atoms with Gasteiger partial charge in [0.25, 0.3) is 5.82 Å². The van der Waals surface area contributed by atoms with Crippen LogP contribution in [0.1, 0.15) is 17.5 Å². The van der Waals surface area contributed by atoms with E-state index in [2.05, 4.69) is 10.1 Å². The molecule has 0 unspecified atom stereocenters. The van der Waals surface area contributed by atoms with Crippen LogP contribution in [-0.2, 0) is 4.74 Å². The largest absolute Gasteiger partial charge is 0.497 e. The molecule has 0 spiro atoms. The number of halogens is 1. The maximum Gasteiger partial charge on any atom is 0.378 e. The molecule has 0 saturated carbocycles. The van der Waals surface area contributed by atoms with Gasteiger partial charge in [-0.1, -0.05) is 0 Å². The molecule has 7 heteroatoms. The third-order valence-corrected chi connectivity index (χ3v) is 3.48. The highest BCUT2D eigenvalue weighted by molar-refractivity contribution is 5.86. The van der Waals surface area contributed by atoms with E-state index in [0.717, 1.165) is 5.56 Å². The van der Waals surface area contributed by atoms with Crippen LogP contribution in [0.15, 0.2) is 48.5 Å². The molecule has 3 aromatic rings. The minimum absolute atomic E-state index is 0.0583. The van der Waals surface area contributed by atoms with Crippen molar-refractivity contribution in [1.29, 1.82) is 0 Å². The van der Waals surface area contributed by atoms with E-state index in [1.165, 1.54) is 16.8 Å². The molecule has 0 N–H and O–H groups in total. The summed E-state index contributed by atoms with van der Waals surface area (Å²) in [5.41, 5.74) is 1.31. The molecule has 0 amide bonds. The van der Waals surface area contributed by atoms with Crippen molar-refractivity contribution >= 4 is 5.97 Å². The molecule has 0 fully saturated rings. The van der Waals surface area contributed by atoms with Gasteiger partial charge in [-0.3, -0.25) is 0 Å². The summed E-state index contributed by atoms with van der Waals surface area (Å²) in [5.74, 6) is 0.107. The van der Waals surface area contributed by atoms with Gasteiger partial charge >= 0.3 is 5.97 Å². The minimum atomic E-state index is -0.613. The Kier molecular flexibility index (Phi) is 4.74. The molecular formula is C18H16FN3O3. The fraction of sp³-hybridized carbons (Fsp3) is 0.167. The Labute approximate surface area is 143 Å². The lowest BCUT2D eigenvalue weighted by Crippen LogP contribution is -2.07. The second kappa shape index (κ2) is 7.12. The van der Waals surface area contributed by atoms with E-state index in [1.807, 2.05) is 0 Å². The highest BCUT2D eigenvalue weighted by Crippen LogP contribution is 2.24. The highest BCUT2D eigenvalue weighted by Gasteiger charge is 2.19. The zero-order chi connectivity index (χ0) is 17.8. The summed E-state index contributed by atoms with van der Waals surface area (Å²) in [6, 6.07) is 12.9. The van der Waals surface area contributed by atoms with E-state index in [-0.39, 0.29) is 18.2 Å². The standard InChI is InChI=1S/C18H16FN3O3/c1-3-25-18(23)16-20-17(12-4-10-15(24-2)11-5-12)22(21-16)14-8-6-13(19)7-9-14/h4-11H,3H2,1-2H3. The normalized spacial score (nSPS) is 10.5. The van der Waals surface area contributed by atoms with Gasteiger partial charge in [0.2, 0.25) is 0 Å². The van der Waals surface area contributed by atoms with E-state index >= 15 is 0 Å². The molecule has 1 heterocycles. The summed E-state index contributed by atoms with van der Waals surface area (Å²) >= 11 is 0. The van der Waals surface area contributed by atoms with E-state index in [4.69, 9.17) is 9.47 Å². The van der Waals surface area contributed by atoms with Crippen LogP contribution in [-0.4, -0.2) is 34.5 Å². The second-order valence-corrected chi connectivity index (χ2v) is 5.10. The third-order valence-electron chi connectivity index (χ3n) is 3.48. The molecule has 6 nitrogen and oxygen atoms in total. The predicted molar refractivity (Wildman–Crippen MR) is 89.3 cm³/mol. The van der Waals surface area contributed by atoms with Crippen LogP contribution >= 0.6 is 0 Å². The number of aromatic nitrogens is 3. The monoisotopic (exact) mass is 341 g/mol. The van der Waals surface area contributed by atoms with Crippen LogP contribution in [0, 0.1) is 5.82 Å². The second-order valence-electron chi connectivity index (χ2n) is 5.10. The number of esters is 1. The lowest BCUT2D eigenvalue weighted by molar-refractivity contribution is 0.0512. The number of rotatable bonds is 5. The molecule has 0 saturated heterocycles. The van der Waals surface area contributed by atoms with Crippen LogP contribution < -0.4 is 4.74 Å². The summed E-state index contributed by atoms with van der Waals surface area (Å²) in [4.78, 5) is 16.3. The molecule has 0 radical (unpaired) electrons. The first-order valence-corrected chi connectivity index (χ1v) is 7.67. The molecule has 0 atom stereocenters. The van der Waals surface area contributed by atoms with Gasteiger partial charge in [-0.25, -0.2) is 18.9 Å². The maximum absolute atomic E-state index is 13.2. The van der Waals surface area contributed by atoms with Crippen LogP contribution in [0.5, 0.6) is 5.75 Å². The topological polar surface area (TPSA) is 66.2 Å². The number of hydrogen-bond donors (Lipinski definition) is 0. The number of methoxy groups -OCH3 is 1. The zero-order valence-corrected chi connectivity index (χ0v) is 13.8. The maximum atomic E-state index is 13.2.